The minimum atomic E-state index is -0.243. The molecule has 1 aromatic carbocycles. The summed E-state index contributed by atoms with van der Waals surface area (Å²) in [5.41, 5.74) is 17.5. The van der Waals surface area contributed by atoms with Crippen LogP contribution in [0.4, 0.5) is 17.4 Å². The van der Waals surface area contributed by atoms with Crippen molar-refractivity contribution in [1.82, 2.24) is 0 Å². The zero-order valence-electron chi connectivity index (χ0n) is 6.65. The molecule has 0 saturated heterocycles. The van der Waals surface area contributed by atoms with Crippen molar-refractivity contribution >= 4 is 28.5 Å². The van der Waals surface area contributed by atoms with Crippen molar-refractivity contribution in [1.29, 1.82) is 0 Å². The highest BCUT2D eigenvalue weighted by Gasteiger charge is 2.14. The molecule has 0 bridgehead atoms. The van der Waals surface area contributed by atoms with E-state index in [4.69, 9.17) is 21.6 Å². The molecule has 0 saturated carbocycles. The molecule has 0 aliphatic rings. The molecule has 6 N–H and O–H groups in total. The van der Waals surface area contributed by atoms with E-state index in [0.29, 0.717) is 16.1 Å². The highest BCUT2D eigenvalue weighted by molar-refractivity contribution is 5.86. The summed E-state index contributed by atoms with van der Waals surface area (Å²) in [7, 11) is 0. The predicted octanol–water partition coefficient (Wildman–Crippen LogP) is -0.187. The SMILES string of the molecule is Nc1cc(N)c2oc(N)[n+]([O-])c2c1. The monoisotopic (exact) mass is 180 g/mol. The standard InChI is InChI=1S/C7H8N4O2/c8-3-1-4(9)6-5(2-3)11(12)7(10)13-6/h1-2H,8-10H2. The van der Waals surface area contributed by atoms with E-state index in [0.717, 1.165) is 0 Å². The van der Waals surface area contributed by atoms with Gasteiger partial charge < -0.3 is 21.1 Å². The molecular formula is C7H8N4O2. The Hall–Kier alpha value is -2.11. The molecule has 0 aliphatic heterocycles. The zero-order valence-corrected chi connectivity index (χ0v) is 6.65. The lowest BCUT2D eigenvalue weighted by Gasteiger charge is -1.98. The van der Waals surface area contributed by atoms with Crippen LogP contribution in [0.5, 0.6) is 0 Å². The molecule has 68 valence electrons. The Morgan fingerprint density at radius 1 is 1.23 bits per heavy atom. The highest BCUT2D eigenvalue weighted by atomic mass is 16.5. The molecule has 2 aromatic rings. The van der Waals surface area contributed by atoms with Crippen LogP contribution in [0, 0.1) is 5.21 Å². The van der Waals surface area contributed by atoms with Gasteiger partial charge in [-0.2, -0.15) is 4.73 Å². The third-order valence-corrected chi connectivity index (χ3v) is 1.75. The van der Waals surface area contributed by atoms with Gasteiger partial charge in [-0.05, 0) is 6.07 Å². The smallest absolute Gasteiger partial charge is 0.456 e. The molecule has 1 aromatic heterocycles. The minimum Gasteiger partial charge on any atom is -0.708 e. The lowest BCUT2D eigenvalue weighted by atomic mass is 10.2. The average molecular weight is 180 g/mol. The van der Waals surface area contributed by atoms with Crippen LogP contribution in [0.3, 0.4) is 0 Å². The number of hydrogen-bond donors (Lipinski definition) is 3. The maximum Gasteiger partial charge on any atom is 0.456 e. The van der Waals surface area contributed by atoms with Gasteiger partial charge in [-0.1, -0.05) is 0 Å². The van der Waals surface area contributed by atoms with Gasteiger partial charge in [0, 0.05) is 11.8 Å². The highest BCUT2D eigenvalue weighted by Crippen LogP contribution is 2.24. The van der Waals surface area contributed by atoms with Crippen molar-refractivity contribution in [3.8, 4) is 0 Å². The Kier molecular flexibility index (Phi) is 1.27. The van der Waals surface area contributed by atoms with Gasteiger partial charge >= 0.3 is 6.01 Å². The van der Waals surface area contributed by atoms with Crippen LogP contribution >= 0.6 is 0 Å². The van der Waals surface area contributed by atoms with E-state index >= 15 is 0 Å². The molecule has 0 fully saturated rings. The zero-order chi connectivity index (χ0) is 9.59. The first kappa shape index (κ1) is 7.53. The van der Waals surface area contributed by atoms with Crippen LogP contribution in [0.15, 0.2) is 16.5 Å². The summed E-state index contributed by atoms with van der Waals surface area (Å²) in [4.78, 5) is 0. The molecule has 0 aliphatic carbocycles. The maximum atomic E-state index is 11.2. The van der Waals surface area contributed by atoms with Crippen LogP contribution in [0.25, 0.3) is 11.1 Å². The number of rotatable bonds is 0. The first-order chi connectivity index (χ1) is 6.09. The van der Waals surface area contributed by atoms with Gasteiger partial charge in [-0.3, -0.25) is 5.73 Å². The largest absolute Gasteiger partial charge is 0.708 e. The fourth-order valence-electron chi connectivity index (χ4n) is 1.18. The Morgan fingerprint density at radius 3 is 2.62 bits per heavy atom. The van der Waals surface area contributed by atoms with Gasteiger partial charge in [0.2, 0.25) is 5.58 Å². The summed E-state index contributed by atoms with van der Waals surface area (Å²) in [6, 6.07) is 2.72. The lowest BCUT2D eigenvalue weighted by Crippen LogP contribution is -2.27. The minimum absolute atomic E-state index is 0.243. The topological polar surface area (TPSA) is 118 Å². The average Bonchev–Trinajstić information content (AvgIpc) is 2.32. The van der Waals surface area contributed by atoms with Crippen LogP contribution in [-0.2, 0) is 0 Å². The van der Waals surface area contributed by atoms with E-state index in [-0.39, 0.29) is 17.1 Å². The number of nitrogens with zero attached hydrogens (tertiary/aromatic N) is 1. The quantitative estimate of drug-likeness (QED) is 0.295. The molecule has 2 rings (SSSR count). The number of hydrogen-bond acceptors (Lipinski definition) is 5. The summed E-state index contributed by atoms with van der Waals surface area (Å²) >= 11 is 0. The summed E-state index contributed by atoms with van der Waals surface area (Å²) < 4.78 is 5.38. The van der Waals surface area contributed by atoms with Gasteiger partial charge in [0.25, 0.3) is 0 Å². The van der Waals surface area contributed by atoms with Crippen molar-refractivity contribution in [3.63, 3.8) is 0 Å². The van der Waals surface area contributed by atoms with Gasteiger partial charge in [0.1, 0.15) is 0 Å². The Labute approximate surface area is 73.1 Å². The molecule has 0 spiro atoms. The molecule has 0 atom stereocenters. The number of nitrogens with two attached hydrogens (primary N) is 3. The molecule has 1 heterocycles. The van der Waals surface area contributed by atoms with Crippen LogP contribution in [0.1, 0.15) is 0 Å². The number of oxazole rings is 1. The third-order valence-electron chi connectivity index (χ3n) is 1.75. The van der Waals surface area contributed by atoms with Gasteiger partial charge in [-0.25, -0.2) is 0 Å². The number of fused-ring (bicyclic) bond motifs is 1. The first-order valence-electron chi connectivity index (χ1n) is 3.56. The molecule has 6 nitrogen and oxygen atoms in total. The van der Waals surface area contributed by atoms with Crippen molar-refractivity contribution in [3.05, 3.63) is 17.3 Å². The summed E-state index contributed by atoms with van der Waals surface area (Å²) in [5.74, 6) is 0. The first-order valence-corrected chi connectivity index (χ1v) is 3.56. The van der Waals surface area contributed by atoms with Crippen LogP contribution in [-0.4, -0.2) is 0 Å². The predicted molar refractivity (Wildman–Crippen MR) is 48.4 cm³/mol. The van der Waals surface area contributed by atoms with E-state index < -0.39 is 0 Å². The van der Waals surface area contributed by atoms with Crippen LogP contribution in [0.2, 0.25) is 0 Å². The van der Waals surface area contributed by atoms with Gasteiger partial charge in [0.15, 0.2) is 5.52 Å². The molecule has 0 unspecified atom stereocenters. The van der Waals surface area contributed by atoms with E-state index in [2.05, 4.69) is 0 Å². The van der Waals surface area contributed by atoms with Gasteiger partial charge in [-0.15, -0.1) is 0 Å². The van der Waals surface area contributed by atoms with Crippen molar-refractivity contribution in [2.45, 2.75) is 0 Å². The van der Waals surface area contributed by atoms with Crippen molar-refractivity contribution in [2.24, 2.45) is 0 Å². The van der Waals surface area contributed by atoms with E-state index in [9.17, 15) is 5.21 Å². The molecule has 0 amide bonds. The number of nitrogen functional groups attached to an aromatic ring is 3. The second-order valence-corrected chi connectivity index (χ2v) is 2.69. The molecular weight excluding hydrogens is 172 g/mol. The van der Waals surface area contributed by atoms with Crippen molar-refractivity contribution < 1.29 is 9.15 Å². The molecule has 0 radical (unpaired) electrons. The van der Waals surface area contributed by atoms with Crippen LogP contribution < -0.4 is 21.9 Å². The van der Waals surface area contributed by atoms with E-state index in [1.807, 2.05) is 0 Å². The summed E-state index contributed by atoms with van der Waals surface area (Å²) in [6.45, 7) is 0. The number of anilines is 3. The summed E-state index contributed by atoms with van der Waals surface area (Å²) in [6.07, 6.45) is 0. The molecule has 6 heteroatoms. The number of aromatic nitrogens is 1. The van der Waals surface area contributed by atoms with E-state index in [1.165, 1.54) is 12.1 Å². The fourth-order valence-corrected chi connectivity index (χ4v) is 1.18. The van der Waals surface area contributed by atoms with Gasteiger partial charge in [0.05, 0.1) is 5.69 Å². The Morgan fingerprint density at radius 2 is 1.92 bits per heavy atom. The second-order valence-electron chi connectivity index (χ2n) is 2.69. The number of benzene rings is 1. The fraction of sp³-hybridized carbons (Fsp3) is 0. The summed E-state index contributed by atoms with van der Waals surface area (Å²) in [5, 5.41) is 11.2. The maximum absolute atomic E-state index is 11.2. The van der Waals surface area contributed by atoms with Crippen molar-refractivity contribution in [2.75, 3.05) is 17.2 Å². The Balaban J connectivity index is 2.94. The lowest BCUT2D eigenvalue weighted by molar-refractivity contribution is -0.565. The molecule has 13 heavy (non-hydrogen) atoms. The Bertz CT molecular complexity index is 477. The van der Waals surface area contributed by atoms with E-state index in [1.54, 1.807) is 0 Å². The third kappa shape index (κ3) is 0.919. The second kappa shape index (κ2) is 2.19. The normalized spacial score (nSPS) is 10.8.